The van der Waals surface area contributed by atoms with E-state index < -0.39 is 10.2 Å². The fraction of sp³-hybridized carbons (Fsp3) is 0.769. The van der Waals surface area contributed by atoms with E-state index in [4.69, 9.17) is 4.42 Å². The van der Waals surface area contributed by atoms with Crippen molar-refractivity contribution in [3.8, 4) is 0 Å². The van der Waals surface area contributed by atoms with Gasteiger partial charge in [-0.2, -0.15) is 17.4 Å². The molecule has 2 rings (SSSR count). The van der Waals surface area contributed by atoms with Crippen molar-refractivity contribution in [2.75, 3.05) is 20.1 Å². The first kappa shape index (κ1) is 16.4. The zero-order valence-corrected chi connectivity index (χ0v) is 13.7. The fourth-order valence-electron chi connectivity index (χ4n) is 2.58. The molecule has 1 aliphatic rings. The number of piperidine rings is 1. The first-order valence-corrected chi connectivity index (χ1v) is 8.72. The van der Waals surface area contributed by atoms with Crippen molar-refractivity contribution in [3.05, 3.63) is 17.3 Å². The van der Waals surface area contributed by atoms with E-state index in [0.717, 1.165) is 30.7 Å². The predicted molar refractivity (Wildman–Crippen MR) is 80.0 cm³/mol. The minimum Gasteiger partial charge on any atom is -0.444 e. The lowest BCUT2D eigenvalue weighted by atomic mass is 10.1. The van der Waals surface area contributed by atoms with Crippen LogP contribution in [0.3, 0.4) is 0 Å². The number of likely N-dealkylation sites (N-methyl/N-ethyl adjacent to an activating group) is 1. The van der Waals surface area contributed by atoms with Crippen LogP contribution in [0.4, 0.5) is 0 Å². The summed E-state index contributed by atoms with van der Waals surface area (Å²) in [7, 11) is -1.67. The summed E-state index contributed by atoms with van der Waals surface area (Å²) in [6.45, 7) is 4.96. The average Bonchev–Trinajstić information content (AvgIpc) is 2.77. The molecule has 0 radical (unpaired) electrons. The van der Waals surface area contributed by atoms with Crippen LogP contribution in [-0.2, 0) is 16.8 Å². The van der Waals surface area contributed by atoms with Crippen LogP contribution in [0.2, 0.25) is 0 Å². The lowest BCUT2D eigenvalue weighted by molar-refractivity contribution is 0.245. The van der Waals surface area contributed by atoms with Gasteiger partial charge in [-0.25, -0.2) is 4.98 Å². The summed E-state index contributed by atoms with van der Waals surface area (Å²) in [6.07, 6.45) is 2.85. The molecule has 0 saturated carbocycles. The number of aromatic nitrogens is 1. The van der Waals surface area contributed by atoms with Gasteiger partial charge < -0.3 is 9.73 Å². The van der Waals surface area contributed by atoms with Crippen LogP contribution in [0.25, 0.3) is 0 Å². The van der Waals surface area contributed by atoms with Crippen molar-refractivity contribution >= 4 is 10.2 Å². The number of oxazole rings is 1. The molecule has 1 saturated heterocycles. The third-order valence-electron chi connectivity index (χ3n) is 3.80. The molecule has 1 aromatic heterocycles. The second kappa shape index (κ2) is 6.87. The Kier molecular flexibility index (Phi) is 5.37. The van der Waals surface area contributed by atoms with E-state index in [1.807, 2.05) is 20.9 Å². The molecule has 1 atom stereocenters. The largest absolute Gasteiger partial charge is 0.444 e. The minimum absolute atomic E-state index is 0.00859. The Morgan fingerprint density at radius 3 is 2.76 bits per heavy atom. The van der Waals surface area contributed by atoms with Gasteiger partial charge in [-0.05, 0) is 33.7 Å². The van der Waals surface area contributed by atoms with Crippen LogP contribution in [0.15, 0.2) is 4.42 Å². The quantitative estimate of drug-likeness (QED) is 0.806. The Hall–Kier alpha value is -0.960. The molecule has 21 heavy (non-hydrogen) atoms. The van der Waals surface area contributed by atoms with E-state index in [2.05, 4.69) is 15.0 Å². The first-order valence-electron chi connectivity index (χ1n) is 7.28. The Morgan fingerprint density at radius 1 is 1.38 bits per heavy atom. The van der Waals surface area contributed by atoms with Gasteiger partial charge in [-0.1, -0.05) is 6.42 Å². The third-order valence-corrected chi connectivity index (χ3v) is 5.41. The second-order valence-corrected chi connectivity index (χ2v) is 7.10. The Bertz CT molecular complexity index is 548. The van der Waals surface area contributed by atoms with Crippen molar-refractivity contribution in [1.29, 1.82) is 0 Å². The van der Waals surface area contributed by atoms with Gasteiger partial charge in [0, 0.05) is 19.1 Å². The molecule has 0 amide bonds. The standard InChI is InChI=1S/C13H24N4O3S/c1-10-11(2)20-13(16-10)9-15-21(18,19)17-7-5-4-6-12(17)8-14-3/h12,14-15H,4-9H2,1-3H3. The molecule has 0 bridgehead atoms. The highest BCUT2D eigenvalue weighted by Gasteiger charge is 2.31. The number of nitrogens with one attached hydrogen (secondary N) is 2. The highest BCUT2D eigenvalue weighted by atomic mass is 32.2. The van der Waals surface area contributed by atoms with Crippen molar-refractivity contribution in [3.63, 3.8) is 0 Å². The topological polar surface area (TPSA) is 87.5 Å². The average molecular weight is 316 g/mol. The van der Waals surface area contributed by atoms with Gasteiger partial charge in [0.15, 0.2) is 0 Å². The molecule has 7 nitrogen and oxygen atoms in total. The molecule has 0 spiro atoms. The third kappa shape index (κ3) is 4.03. The van der Waals surface area contributed by atoms with Crippen molar-refractivity contribution in [1.82, 2.24) is 19.3 Å². The first-order chi connectivity index (χ1) is 9.94. The molecule has 2 N–H and O–H groups in total. The van der Waals surface area contributed by atoms with Crippen LogP contribution in [0, 0.1) is 13.8 Å². The normalized spacial score (nSPS) is 20.8. The van der Waals surface area contributed by atoms with Crippen LogP contribution >= 0.6 is 0 Å². The zero-order chi connectivity index (χ0) is 15.5. The molecular formula is C13H24N4O3S. The summed E-state index contributed by atoms with van der Waals surface area (Å²) in [4.78, 5) is 4.19. The molecule has 1 unspecified atom stereocenters. The highest BCUT2D eigenvalue weighted by Crippen LogP contribution is 2.19. The van der Waals surface area contributed by atoms with Crippen LogP contribution < -0.4 is 10.0 Å². The van der Waals surface area contributed by atoms with Gasteiger partial charge in [-0.15, -0.1) is 0 Å². The smallest absolute Gasteiger partial charge is 0.280 e. The fourth-order valence-corrected chi connectivity index (χ4v) is 3.99. The number of nitrogens with zero attached hydrogens (tertiary/aromatic N) is 2. The van der Waals surface area contributed by atoms with Crippen molar-refractivity contribution in [2.45, 2.75) is 45.7 Å². The maximum absolute atomic E-state index is 12.5. The molecule has 0 aliphatic carbocycles. The van der Waals surface area contributed by atoms with Crippen LogP contribution in [0.5, 0.6) is 0 Å². The van der Waals surface area contributed by atoms with Gasteiger partial charge in [0.2, 0.25) is 5.89 Å². The Morgan fingerprint density at radius 2 is 2.14 bits per heavy atom. The summed E-state index contributed by atoms with van der Waals surface area (Å²) in [5.41, 5.74) is 0.787. The van der Waals surface area contributed by atoms with E-state index in [0.29, 0.717) is 19.0 Å². The van der Waals surface area contributed by atoms with Crippen molar-refractivity contribution in [2.24, 2.45) is 0 Å². The minimum atomic E-state index is -3.51. The Balaban J connectivity index is 2.02. The van der Waals surface area contributed by atoms with Crippen LogP contribution in [-0.4, -0.2) is 43.9 Å². The van der Waals surface area contributed by atoms with E-state index in [1.54, 1.807) is 4.31 Å². The summed E-state index contributed by atoms with van der Waals surface area (Å²) < 4.78 is 34.4. The van der Waals surface area contributed by atoms with Gasteiger partial charge in [0.25, 0.3) is 10.2 Å². The maximum atomic E-state index is 12.5. The highest BCUT2D eigenvalue weighted by molar-refractivity contribution is 7.87. The Labute approximate surface area is 126 Å². The monoisotopic (exact) mass is 316 g/mol. The second-order valence-electron chi connectivity index (χ2n) is 5.39. The number of hydrogen-bond acceptors (Lipinski definition) is 5. The van der Waals surface area contributed by atoms with Gasteiger partial charge in [0.05, 0.1) is 12.2 Å². The molecule has 2 heterocycles. The number of hydrogen-bond donors (Lipinski definition) is 2. The molecule has 8 heteroatoms. The van der Waals surface area contributed by atoms with E-state index in [1.165, 1.54) is 0 Å². The summed E-state index contributed by atoms with van der Waals surface area (Å²) in [6, 6.07) is 0.00859. The van der Waals surface area contributed by atoms with E-state index >= 15 is 0 Å². The van der Waals surface area contributed by atoms with E-state index in [-0.39, 0.29) is 12.6 Å². The molecule has 0 aromatic carbocycles. The summed E-state index contributed by atoms with van der Waals surface area (Å²) >= 11 is 0. The lowest BCUT2D eigenvalue weighted by Gasteiger charge is -2.34. The van der Waals surface area contributed by atoms with Crippen LogP contribution in [0.1, 0.15) is 36.6 Å². The molecule has 1 fully saturated rings. The number of rotatable bonds is 6. The lowest BCUT2D eigenvalue weighted by Crippen LogP contribution is -2.51. The predicted octanol–water partition coefficient (Wildman–Crippen LogP) is 0.700. The SMILES string of the molecule is CNCC1CCCCN1S(=O)(=O)NCc1nc(C)c(C)o1. The molecule has 1 aromatic rings. The number of aryl methyl sites for hydroxylation is 2. The van der Waals surface area contributed by atoms with Gasteiger partial charge in [0.1, 0.15) is 5.76 Å². The maximum Gasteiger partial charge on any atom is 0.280 e. The van der Waals surface area contributed by atoms with Gasteiger partial charge >= 0.3 is 0 Å². The van der Waals surface area contributed by atoms with Crippen molar-refractivity contribution < 1.29 is 12.8 Å². The zero-order valence-electron chi connectivity index (χ0n) is 12.8. The summed E-state index contributed by atoms with van der Waals surface area (Å²) in [5, 5.41) is 3.06. The van der Waals surface area contributed by atoms with Gasteiger partial charge in [-0.3, -0.25) is 0 Å². The van der Waals surface area contributed by atoms with E-state index in [9.17, 15) is 8.42 Å². The molecule has 1 aliphatic heterocycles. The molecular weight excluding hydrogens is 292 g/mol. The molecule has 120 valence electrons. The summed E-state index contributed by atoms with van der Waals surface area (Å²) in [5.74, 6) is 1.12.